The van der Waals surface area contributed by atoms with E-state index in [1.54, 1.807) is 0 Å². The molecule has 0 spiro atoms. The SMILES string of the molecule is CC1CC(Nc2ccc3cn[nH]c3c2)CS1. The molecule has 3 rings (SSSR count). The van der Waals surface area contributed by atoms with Gasteiger partial charge in [-0.3, -0.25) is 5.10 Å². The van der Waals surface area contributed by atoms with Crippen LogP contribution in [0, 0.1) is 0 Å². The first kappa shape index (κ1) is 10.0. The van der Waals surface area contributed by atoms with Crippen LogP contribution in [0.5, 0.6) is 0 Å². The first-order valence-corrected chi connectivity index (χ1v) is 6.67. The summed E-state index contributed by atoms with van der Waals surface area (Å²) >= 11 is 2.05. The topological polar surface area (TPSA) is 40.7 Å². The molecule has 1 fully saturated rings. The number of anilines is 1. The van der Waals surface area contributed by atoms with Gasteiger partial charge < -0.3 is 5.32 Å². The number of benzene rings is 1. The van der Waals surface area contributed by atoms with E-state index >= 15 is 0 Å². The Hall–Kier alpha value is -1.16. The summed E-state index contributed by atoms with van der Waals surface area (Å²) in [6.07, 6.45) is 3.11. The molecule has 16 heavy (non-hydrogen) atoms. The van der Waals surface area contributed by atoms with E-state index in [0.717, 1.165) is 10.8 Å². The first-order chi connectivity index (χ1) is 7.81. The summed E-state index contributed by atoms with van der Waals surface area (Å²) in [4.78, 5) is 0. The van der Waals surface area contributed by atoms with E-state index in [2.05, 4.69) is 40.6 Å². The summed E-state index contributed by atoms with van der Waals surface area (Å²) in [5, 5.41) is 12.6. The molecular formula is C12H15N3S. The molecule has 1 aromatic heterocycles. The lowest BCUT2D eigenvalue weighted by Crippen LogP contribution is -2.18. The summed E-state index contributed by atoms with van der Waals surface area (Å²) in [7, 11) is 0. The van der Waals surface area contributed by atoms with Crippen molar-refractivity contribution < 1.29 is 0 Å². The fraction of sp³-hybridized carbons (Fsp3) is 0.417. The van der Waals surface area contributed by atoms with Gasteiger partial charge in [0.15, 0.2) is 0 Å². The van der Waals surface area contributed by atoms with Crippen molar-refractivity contribution in [1.82, 2.24) is 10.2 Å². The molecule has 2 atom stereocenters. The van der Waals surface area contributed by atoms with Crippen LogP contribution < -0.4 is 5.32 Å². The van der Waals surface area contributed by atoms with Crippen LogP contribution in [-0.4, -0.2) is 27.2 Å². The molecule has 0 aliphatic carbocycles. The molecule has 1 aliphatic rings. The lowest BCUT2D eigenvalue weighted by atomic mass is 10.1. The quantitative estimate of drug-likeness (QED) is 0.838. The van der Waals surface area contributed by atoms with Gasteiger partial charge in [0.1, 0.15) is 0 Å². The van der Waals surface area contributed by atoms with E-state index in [0.29, 0.717) is 6.04 Å². The van der Waals surface area contributed by atoms with Crippen LogP contribution in [-0.2, 0) is 0 Å². The second kappa shape index (κ2) is 4.01. The van der Waals surface area contributed by atoms with Crippen LogP contribution in [0.2, 0.25) is 0 Å². The number of H-pyrrole nitrogens is 1. The fourth-order valence-corrected chi connectivity index (χ4v) is 3.33. The van der Waals surface area contributed by atoms with E-state index in [1.807, 2.05) is 18.0 Å². The highest BCUT2D eigenvalue weighted by molar-refractivity contribution is 8.00. The Bertz CT molecular complexity index is 494. The molecule has 2 N–H and O–H groups in total. The minimum absolute atomic E-state index is 0.611. The summed E-state index contributed by atoms with van der Waals surface area (Å²) in [5.74, 6) is 1.21. The normalized spacial score (nSPS) is 25.1. The molecule has 2 heterocycles. The van der Waals surface area contributed by atoms with Crippen molar-refractivity contribution in [2.75, 3.05) is 11.1 Å². The molecule has 2 aromatic rings. The average molecular weight is 233 g/mol. The Morgan fingerprint density at radius 1 is 1.50 bits per heavy atom. The van der Waals surface area contributed by atoms with Crippen LogP contribution in [0.1, 0.15) is 13.3 Å². The van der Waals surface area contributed by atoms with Gasteiger partial charge in [-0.05, 0) is 24.6 Å². The summed E-state index contributed by atoms with van der Waals surface area (Å²) in [6, 6.07) is 6.98. The van der Waals surface area contributed by atoms with Gasteiger partial charge in [-0.25, -0.2) is 0 Å². The standard InChI is InChI=1S/C12H15N3S/c1-8-4-11(7-16-8)14-10-3-2-9-6-13-15-12(9)5-10/h2-3,5-6,8,11,14H,4,7H2,1H3,(H,13,15). The number of thioether (sulfide) groups is 1. The molecule has 2 unspecified atom stereocenters. The number of hydrogen-bond acceptors (Lipinski definition) is 3. The number of aromatic amines is 1. The van der Waals surface area contributed by atoms with Crippen LogP contribution in [0.15, 0.2) is 24.4 Å². The highest BCUT2D eigenvalue weighted by Crippen LogP contribution is 2.28. The molecule has 0 bridgehead atoms. The summed E-state index contributed by atoms with van der Waals surface area (Å²) in [6.45, 7) is 2.30. The van der Waals surface area contributed by atoms with Gasteiger partial charge in [0, 0.05) is 28.1 Å². The van der Waals surface area contributed by atoms with E-state index in [1.165, 1.54) is 23.2 Å². The predicted octanol–water partition coefficient (Wildman–Crippen LogP) is 2.87. The van der Waals surface area contributed by atoms with Gasteiger partial charge in [-0.15, -0.1) is 0 Å². The van der Waals surface area contributed by atoms with Crippen molar-refractivity contribution >= 4 is 28.4 Å². The number of rotatable bonds is 2. The third-order valence-corrected chi connectivity index (χ3v) is 4.37. The van der Waals surface area contributed by atoms with Crippen molar-refractivity contribution in [2.45, 2.75) is 24.6 Å². The fourth-order valence-electron chi connectivity index (χ4n) is 2.18. The zero-order chi connectivity index (χ0) is 11.0. The maximum atomic E-state index is 4.03. The number of nitrogens with zero attached hydrogens (tertiary/aromatic N) is 1. The number of hydrogen-bond donors (Lipinski definition) is 2. The minimum Gasteiger partial charge on any atom is -0.381 e. The second-order valence-electron chi connectivity index (χ2n) is 4.39. The number of fused-ring (bicyclic) bond motifs is 1. The maximum Gasteiger partial charge on any atom is 0.0670 e. The molecule has 1 aliphatic heterocycles. The largest absolute Gasteiger partial charge is 0.381 e. The van der Waals surface area contributed by atoms with Crippen molar-refractivity contribution in [3.8, 4) is 0 Å². The van der Waals surface area contributed by atoms with Crippen molar-refractivity contribution in [3.05, 3.63) is 24.4 Å². The second-order valence-corrected chi connectivity index (χ2v) is 5.86. The lowest BCUT2D eigenvalue weighted by Gasteiger charge is -2.13. The van der Waals surface area contributed by atoms with Crippen LogP contribution >= 0.6 is 11.8 Å². The molecule has 0 radical (unpaired) electrons. The van der Waals surface area contributed by atoms with Gasteiger partial charge in [0.2, 0.25) is 0 Å². The Labute approximate surface area is 99.0 Å². The molecule has 3 nitrogen and oxygen atoms in total. The molecule has 0 amide bonds. The monoisotopic (exact) mass is 233 g/mol. The Balaban J connectivity index is 1.78. The molecule has 84 valence electrons. The van der Waals surface area contributed by atoms with Crippen LogP contribution in [0.25, 0.3) is 10.9 Å². The van der Waals surface area contributed by atoms with E-state index in [4.69, 9.17) is 0 Å². The van der Waals surface area contributed by atoms with Gasteiger partial charge in [-0.1, -0.05) is 6.92 Å². The third-order valence-electron chi connectivity index (χ3n) is 3.01. The summed E-state index contributed by atoms with van der Waals surface area (Å²) in [5.41, 5.74) is 2.29. The molecule has 0 saturated carbocycles. The predicted molar refractivity (Wildman–Crippen MR) is 70.0 cm³/mol. The van der Waals surface area contributed by atoms with Gasteiger partial charge in [0.05, 0.1) is 11.7 Å². The third kappa shape index (κ3) is 1.89. The van der Waals surface area contributed by atoms with Crippen molar-refractivity contribution in [3.63, 3.8) is 0 Å². The molecule has 4 heteroatoms. The van der Waals surface area contributed by atoms with E-state index in [9.17, 15) is 0 Å². The highest BCUT2D eigenvalue weighted by atomic mass is 32.2. The zero-order valence-corrected chi connectivity index (χ0v) is 10.1. The minimum atomic E-state index is 0.611. The van der Waals surface area contributed by atoms with Gasteiger partial charge in [-0.2, -0.15) is 16.9 Å². The Kier molecular flexibility index (Phi) is 2.52. The van der Waals surface area contributed by atoms with Gasteiger partial charge in [0.25, 0.3) is 0 Å². The zero-order valence-electron chi connectivity index (χ0n) is 9.23. The highest BCUT2D eigenvalue weighted by Gasteiger charge is 2.21. The van der Waals surface area contributed by atoms with Gasteiger partial charge >= 0.3 is 0 Å². The van der Waals surface area contributed by atoms with Crippen LogP contribution in [0.4, 0.5) is 5.69 Å². The van der Waals surface area contributed by atoms with E-state index < -0.39 is 0 Å². The van der Waals surface area contributed by atoms with Crippen molar-refractivity contribution in [1.29, 1.82) is 0 Å². The van der Waals surface area contributed by atoms with E-state index in [-0.39, 0.29) is 0 Å². The van der Waals surface area contributed by atoms with Crippen LogP contribution in [0.3, 0.4) is 0 Å². The maximum absolute atomic E-state index is 4.03. The van der Waals surface area contributed by atoms with Crippen molar-refractivity contribution in [2.24, 2.45) is 0 Å². The molecule has 1 saturated heterocycles. The average Bonchev–Trinajstić information content (AvgIpc) is 2.87. The molecular weight excluding hydrogens is 218 g/mol. The Morgan fingerprint density at radius 3 is 3.25 bits per heavy atom. The number of aromatic nitrogens is 2. The first-order valence-electron chi connectivity index (χ1n) is 5.62. The summed E-state index contributed by atoms with van der Waals surface area (Å²) < 4.78 is 0. The number of nitrogens with one attached hydrogen (secondary N) is 2. The molecule has 1 aromatic carbocycles. The lowest BCUT2D eigenvalue weighted by molar-refractivity contribution is 0.747. The Morgan fingerprint density at radius 2 is 2.44 bits per heavy atom. The smallest absolute Gasteiger partial charge is 0.0670 e.